The molecule has 1 aliphatic rings. The number of anilines is 2. The smallest absolute Gasteiger partial charge is 0.270 e. The van der Waals surface area contributed by atoms with E-state index in [4.69, 9.17) is 33.0 Å². The van der Waals surface area contributed by atoms with Gasteiger partial charge in [0.25, 0.3) is 11.6 Å². The molecule has 4 aromatic rings. The number of nitro benzene ring substituents is 1. The summed E-state index contributed by atoms with van der Waals surface area (Å²) in [5, 5.41) is 17.6. The fourth-order valence-corrected chi connectivity index (χ4v) is 4.48. The van der Waals surface area contributed by atoms with Crippen molar-refractivity contribution in [2.45, 2.75) is 6.92 Å². The zero-order valence-electron chi connectivity index (χ0n) is 20.2. The fraction of sp³-hybridized carbons (Fsp3) is 0.192. The molecule has 3 aromatic carbocycles. The molecule has 0 radical (unpaired) electrons. The van der Waals surface area contributed by atoms with E-state index in [1.165, 1.54) is 12.1 Å². The summed E-state index contributed by atoms with van der Waals surface area (Å²) in [4.78, 5) is 30.4. The Hall–Kier alpha value is -4.06. The number of thiocarbonyl (C=S) groups is 1. The van der Waals surface area contributed by atoms with Crippen molar-refractivity contribution in [2.24, 2.45) is 0 Å². The first-order valence-corrected chi connectivity index (χ1v) is 12.5. The van der Waals surface area contributed by atoms with Crippen molar-refractivity contribution in [1.29, 1.82) is 0 Å². The monoisotopic (exact) mass is 551 g/mol. The van der Waals surface area contributed by atoms with E-state index in [-0.39, 0.29) is 16.4 Å². The molecule has 0 unspecified atom stereocenters. The first-order valence-electron chi connectivity index (χ1n) is 11.7. The lowest BCUT2D eigenvalue weighted by molar-refractivity contribution is -0.384. The maximum atomic E-state index is 13.2. The fourth-order valence-electron chi connectivity index (χ4n) is 4.09. The van der Waals surface area contributed by atoms with Gasteiger partial charge >= 0.3 is 0 Å². The van der Waals surface area contributed by atoms with Crippen molar-refractivity contribution in [2.75, 3.05) is 36.5 Å². The van der Waals surface area contributed by atoms with E-state index in [0.29, 0.717) is 59.7 Å². The Bertz CT molecular complexity index is 1570. The molecule has 1 amide bonds. The number of carbonyl (C=O) groups excluding carboxylic acids is 1. The van der Waals surface area contributed by atoms with E-state index in [2.05, 4.69) is 15.6 Å². The summed E-state index contributed by atoms with van der Waals surface area (Å²) in [6.07, 6.45) is 0. The van der Waals surface area contributed by atoms with E-state index in [1.54, 1.807) is 30.3 Å². The first kappa shape index (κ1) is 25.6. The molecule has 1 aromatic heterocycles. The third-order valence-corrected chi connectivity index (χ3v) is 6.69. The molecule has 194 valence electrons. The molecule has 0 saturated carbocycles. The van der Waals surface area contributed by atoms with Gasteiger partial charge in [-0.1, -0.05) is 17.7 Å². The summed E-state index contributed by atoms with van der Waals surface area (Å²) in [7, 11) is 0. The molecule has 1 aliphatic heterocycles. The van der Waals surface area contributed by atoms with Gasteiger partial charge in [0.05, 0.1) is 29.4 Å². The number of ether oxygens (including phenoxy) is 1. The normalized spacial score (nSPS) is 13.4. The van der Waals surface area contributed by atoms with Crippen LogP contribution in [0.4, 0.5) is 17.1 Å². The number of benzene rings is 3. The van der Waals surface area contributed by atoms with Gasteiger partial charge in [0, 0.05) is 41.5 Å². The topological polar surface area (TPSA) is 123 Å². The number of hydrogen-bond acceptors (Lipinski definition) is 8. The van der Waals surface area contributed by atoms with Crippen molar-refractivity contribution < 1.29 is 18.9 Å². The Balaban J connectivity index is 1.33. The van der Waals surface area contributed by atoms with Crippen molar-refractivity contribution >= 4 is 63.0 Å². The van der Waals surface area contributed by atoms with Crippen molar-refractivity contribution in [3.8, 4) is 11.5 Å². The summed E-state index contributed by atoms with van der Waals surface area (Å²) in [5.74, 6) is -0.134. The van der Waals surface area contributed by atoms with Crippen molar-refractivity contribution in [1.82, 2.24) is 10.3 Å². The molecule has 0 bridgehead atoms. The van der Waals surface area contributed by atoms with Crippen LogP contribution in [0.25, 0.3) is 22.6 Å². The lowest BCUT2D eigenvalue weighted by Gasteiger charge is -2.30. The number of morpholine rings is 1. The molecule has 2 N–H and O–H groups in total. The summed E-state index contributed by atoms with van der Waals surface area (Å²) >= 11 is 11.6. The zero-order valence-corrected chi connectivity index (χ0v) is 21.8. The second kappa shape index (κ2) is 10.7. The van der Waals surface area contributed by atoms with E-state index >= 15 is 0 Å². The summed E-state index contributed by atoms with van der Waals surface area (Å²) < 4.78 is 11.2. The van der Waals surface area contributed by atoms with Gasteiger partial charge in [0.2, 0.25) is 5.89 Å². The minimum atomic E-state index is -0.561. The highest BCUT2D eigenvalue weighted by Gasteiger charge is 2.23. The van der Waals surface area contributed by atoms with Crippen LogP contribution >= 0.6 is 23.8 Å². The number of hydrogen-bond donors (Lipinski definition) is 2. The maximum absolute atomic E-state index is 13.2. The zero-order chi connectivity index (χ0) is 26.8. The Morgan fingerprint density at radius 2 is 1.92 bits per heavy atom. The largest absolute Gasteiger partial charge is 0.436 e. The predicted octanol–water partition coefficient (Wildman–Crippen LogP) is 5.33. The van der Waals surface area contributed by atoms with E-state index in [1.807, 2.05) is 24.0 Å². The van der Waals surface area contributed by atoms with Crippen LogP contribution in [0.2, 0.25) is 5.02 Å². The third-order valence-electron chi connectivity index (χ3n) is 6.08. The summed E-state index contributed by atoms with van der Waals surface area (Å²) in [5.41, 5.74) is 3.99. The standard InChI is InChI=1S/C26H22ClN5O5S/c1-15-2-3-16(12-20(15)27)25-29-21-13-17(4-7-23(21)37-25)28-26(38)30-24(33)19-14-18(32(34)35)5-6-22(19)31-8-10-36-11-9-31/h2-7,12-14H,8-11H2,1H3,(H2,28,30,33,38). The molecule has 1 fully saturated rings. The number of rotatable bonds is 5. The third kappa shape index (κ3) is 5.44. The Morgan fingerprint density at radius 1 is 1.13 bits per heavy atom. The number of nitro groups is 1. The lowest BCUT2D eigenvalue weighted by Crippen LogP contribution is -2.39. The van der Waals surface area contributed by atoms with Crippen molar-refractivity contribution in [3.05, 3.63) is 80.9 Å². The molecule has 0 atom stereocenters. The van der Waals surface area contributed by atoms with E-state index < -0.39 is 10.8 Å². The van der Waals surface area contributed by atoms with Crippen LogP contribution in [0.5, 0.6) is 0 Å². The highest BCUT2D eigenvalue weighted by Crippen LogP contribution is 2.29. The minimum absolute atomic E-state index is 0.0304. The Morgan fingerprint density at radius 3 is 2.66 bits per heavy atom. The van der Waals surface area contributed by atoms with Gasteiger partial charge in [-0.3, -0.25) is 20.2 Å². The Labute approximate surface area is 227 Å². The average molecular weight is 552 g/mol. The number of halogens is 1. The Kier molecular flexibility index (Phi) is 7.23. The van der Waals surface area contributed by atoms with Gasteiger partial charge in [-0.15, -0.1) is 0 Å². The number of aryl methyl sites for hydroxylation is 1. The number of carbonyl (C=O) groups is 1. The van der Waals surface area contributed by atoms with Crippen molar-refractivity contribution in [3.63, 3.8) is 0 Å². The number of aromatic nitrogens is 1. The molecule has 38 heavy (non-hydrogen) atoms. The summed E-state index contributed by atoms with van der Waals surface area (Å²) in [6, 6.07) is 15.0. The average Bonchev–Trinajstić information content (AvgIpc) is 3.33. The molecular weight excluding hydrogens is 530 g/mol. The minimum Gasteiger partial charge on any atom is -0.436 e. The number of fused-ring (bicyclic) bond motifs is 1. The summed E-state index contributed by atoms with van der Waals surface area (Å²) in [6.45, 7) is 4.05. The second-order valence-corrected chi connectivity index (χ2v) is 9.45. The SMILES string of the molecule is Cc1ccc(-c2nc3cc(NC(=S)NC(=O)c4cc([N+](=O)[O-])ccc4N4CCOCC4)ccc3o2)cc1Cl. The molecule has 5 rings (SSSR count). The first-order chi connectivity index (χ1) is 18.3. The molecule has 12 heteroatoms. The number of oxazole rings is 1. The van der Waals surface area contributed by atoms with Gasteiger partial charge in [0.1, 0.15) is 5.52 Å². The molecule has 0 aliphatic carbocycles. The quantitative estimate of drug-likeness (QED) is 0.192. The molecule has 10 nitrogen and oxygen atoms in total. The highest BCUT2D eigenvalue weighted by atomic mass is 35.5. The van der Waals surface area contributed by atoms with Crippen LogP contribution in [0, 0.1) is 17.0 Å². The molecule has 1 saturated heterocycles. The van der Waals surface area contributed by atoms with Gasteiger partial charge in [-0.2, -0.15) is 0 Å². The second-order valence-electron chi connectivity index (χ2n) is 8.63. The number of nitrogens with zero attached hydrogens (tertiary/aromatic N) is 3. The predicted molar refractivity (Wildman–Crippen MR) is 149 cm³/mol. The van der Waals surface area contributed by atoms with Crippen LogP contribution in [0.15, 0.2) is 59.0 Å². The number of nitrogens with one attached hydrogen (secondary N) is 2. The lowest BCUT2D eigenvalue weighted by atomic mass is 10.1. The van der Waals surface area contributed by atoms with E-state index in [9.17, 15) is 14.9 Å². The molecule has 2 heterocycles. The maximum Gasteiger partial charge on any atom is 0.270 e. The van der Waals surface area contributed by atoms with Gasteiger partial charge < -0.3 is 19.4 Å². The van der Waals surface area contributed by atoms with Crippen LogP contribution in [-0.4, -0.2) is 47.2 Å². The van der Waals surface area contributed by atoms with Gasteiger partial charge in [-0.05, 0) is 61.1 Å². The van der Waals surface area contributed by atoms with Gasteiger partial charge in [-0.25, -0.2) is 4.98 Å². The van der Waals surface area contributed by atoms with E-state index in [0.717, 1.165) is 11.1 Å². The van der Waals surface area contributed by atoms with Crippen LogP contribution < -0.4 is 15.5 Å². The molecular formula is C26H22ClN5O5S. The van der Waals surface area contributed by atoms with Crippen LogP contribution in [0.1, 0.15) is 15.9 Å². The molecule has 0 spiro atoms. The number of amides is 1. The highest BCUT2D eigenvalue weighted by molar-refractivity contribution is 7.80. The number of non-ortho nitro benzene ring substituents is 1. The van der Waals surface area contributed by atoms with Crippen LogP contribution in [0.3, 0.4) is 0 Å². The van der Waals surface area contributed by atoms with Crippen LogP contribution in [-0.2, 0) is 4.74 Å². The van der Waals surface area contributed by atoms with Gasteiger partial charge in [0.15, 0.2) is 10.7 Å².